The van der Waals surface area contributed by atoms with Crippen LogP contribution in [0.3, 0.4) is 0 Å². The number of nitrogens with zero attached hydrogens (tertiary/aromatic N) is 2. The summed E-state index contributed by atoms with van der Waals surface area (Å²) >= 11 is 0. The Hall–Kier alpha value is -3.75. The second-order valence-electron chi connectivity index (χ2n) is 10.0. The molecule has 0 saturated carbocycles. The Kier molecular flexibility index (Phi) is 10.5. The fourth-order valence-electron chi connectivity index (χ4n) is 4.62. The van der Waals surface area contributed by atoms with E-state index in [0.717, 1.165) is 35.9 Å². The first kappa shape index (κ1) is 30.2. The number of ether oxygens (including phenoxy) is 2. The van der Waals surface area contributed by atoms with Gasteiger partial charge in [0.25, 0.3) is 0 Å². The fourth-order valence-corrected chi connectivity index (χ4v) is 4.62. The van der Waals surface area contributed by atoms with Crippen LogP contribution in [0.2, 0.25) is 0 Å². The van der Waals surface area contributed by atoms with Crippen molar-refractivity contribution in [1.82, 2.24) is 9.97 Å². The lowest BCUT2D eigenvalue weighted by molar-refractivity contribution is -0.275. The Labute approximate surface area is 236 Å². The summed E-state index contributed by atoms with van der Waals surface area (Å²) in [5, 5.41) is 1.23. The molecule has 0 bridgehead atoms. The van der Waals surface area contributed by atoms with Gasteiger partial charge in [0.05, 0.1) is 19.0 Å². The lowest BCUT2D eigenvalue weighted by Gasteiger charge is -2.11. The minimum Gasteiger partial charge on any atom is -0.490 e. The van der Waals surface area contributed by atoms with E-state index in [-0.39, 0.29) is 18.7 Å². The Morgan fingerprint density at radius 1 is 0.756 bits per heavy atom. The number of hydrogen-bond acceptors (Lipinski definition) is 4. The van der Waals surface area contributed by atoms with E-state index in [4.69, 9.17) is 4.74 Å². The summed E-state index contributed by atoms with van der Waals surface area (Å²) in [6.45, 7) is 2.85. The van der Waals surface area contributed by atoms with E-state index in [1.807, 2.05) is 18.2 Å². The molecule has 1 aromatic heterocycles. The molecule has 0 fully saturated rings. The third-order valence-corrected chi connectivity index (χ3v) is 6.84. The van der Waals surface area contributed by atoms with Crippen molar-refractivity contribution < 1.29 is 31.4 Å². The summed E-state index contributed by atoms with van der Waals surface area (Å²) in [5.74, 6) is -1.00. The van der Waals surface area contributed by atoms with Gasteiger partial charge in [-0.2, -0.15) is 0 Å². The Bertz CT molecular complexity index is 1420. The highest BCUT2D eigenvalue weighted by molar-refractivity contribution is 5.84. The van der Waals surface area contributed by atoms with Crippen molar-refractivity contribution in [3.63, 3.8) is 0 Å². The summed E-state index contributed by atoms with van der Waals surface area (Å²) in [7, 11) is 0. The molecule has 4 aromatic rings. The molecule has 0 amide bonds. The van der Waals surface area contributed by atoms with Gasteiger partial charge in [0.15, 0.2) is 17.3 Å². The Balaban J connectivity index is 1.30. The highest BCUT2D eigenvalue weighted by Gasteiger charge is 2.32. The van der Waals surface area contributed by atoms with E-state index in [1.54, 1.807) is 24.5 Å². The van der Waals surface area contributed by atoms with Gasteiger partial charge in [-0.25, -0.2) is 18.7 Å². The quantitative estimate of drug-likeness (QED) is 0.112. The summed E-state index contributed by atoms with van der Waals surface area (Å²) < 4.78 is 75.7. The first-order valence-corrected chi connectivity index (χ1v) is 13.9. The van der Waals surface area contributed by atoms with Crippen molar-refractivity contribution in [3.05, 3.63) is 95.1 Å². The molecular formula is C32H33F5N2O2. The minimum absolute atomic E-state index is 0.256. The van der Waals surface area contributed by atoms with Gasteiger partial charge in [0.1, 0.15) is 11.6 Å². The zero-order valence-corrected chi connectivity index (χ0v) is 22.9. The standard InChI is InChI=1S/C32H33F5N2O2/c1-2-3-4-5-6-17-40-26-20-38-30(39-21-26)16-10-22-8-14-27-25(18-22)13-12-24(31(27)34)11-7-23-9-15-29(28(33)19-23)41-32(35,36)37/h8-9,12-15,18-21H,2-7,10-11,16-17H2,1H3. The normalized spacial score (nSPS) is 11.7. The second-order valence-corrected chi connectivity index (χ2v) is 10.0. The lowest BCUT2D eigenvalue weighted by Crippen LogP contribution is -2.18. The van der Waals surface area contributed by atoms with Gasteiger partial charge in [-0.05, 0) is 59.9 Å². The van der Waals surface area contributed by atoms with Gasteiger partial charge in [-0.3, -0.25) is 0 Å². The summed E-state index contributed by atoms with van der Waals surface area (Å²) in [6, 6.07) is 12.3. The van der Waals surface area contributed by atoms with Crippen LogP contribution in [0, 0.1) is 11.6 Å². The topological polar surface area (TPSA) is 44.2 Å². The number of hydrogen-bond donors (Lipinski definition) is 0. The first-order chi connectivity index (χ1) is 19.7. The smallest absolute Gasteiger partial charge is 0.490 e. The zero-order valence-electron chi connectivity index (χ0n) is 22.9. The van der Waals surface area contributed by atoms with Crippen LogP contribution in [-0.4, -0.2) is 22.9 Å². The van der Waals surface area contributed by atoms with Crippen molar-refractivity contribution in [2.75, 3.05) is 6.61 Å². The predicted octanol–water partition coefficient (Wildman–Crippen LogP) is 8.73. The van der Waals surface area contributed by atoms with E-state index >= 15 is 4.39 Å². The molecule has 0 aliphatic heterocycles. The third-order valence-electron chi connectivity index (χ3n) is 6.84. The molecule has 9 heteroatoms. The molecular weight excluding hydrogens is 539 g/mol. The SMILES string of the molecule is CCCCCCCOc1cnc(CCc2ccc3c(F)c(CCc4ccc(OC(F)(F)F)c(F)c4)ccc3c2)nc1. The van der Waals surface area contributed by atoms with Crippen molar-refractivity contribution in [1.29, 1.82) is 0 Å². The van der Waals surface area contributed by atoms with E-state index < -0.39 is 17.9 Å². The number of benzene rings is 3. The van der Waals surface area contributed by atoms with Crippen LogP contribution >= 0.6 is 0 Å². The molecule has 0 aliphatic carbocycles. The van der Waals surface area contributed by atoms with Gasteiger partial charge in [-0.1, -0.05) is 69.0 Å². The summed E-state index contributed by atoms with van der Waals surface area (Å²) in [6.07, 6.45) is 6.14. The van der Waals surface area contributed by atoms with Crippen molar-refractivity contribution in [2.24, 2.45) is 0 Å². The monoisotopic (exact) mass is 572 g/mol. The maximum absolute atomic E-state index is 15.2. The van der Waals surface area contributed by atoms with Crippen LogP contribution in [0.25, 0.3) is 10.8 Å². The van der Waals surface area contributed by atoms with E-state index in [0.29, 0.717) is 47.5 Å². The largest absolute Gasteiger partial charge is 0.573 e. The van der Waals surface area contributed by atoms with Crippen LogP contribution in [0.15, 0.2) is 60.9 Å². The van der Waals surface area contributed by atoms with Gasteiger partial charge in [0.2, 0.25) is 0 Å². The number of unbranched alkanes of at least 4 members (excludes halogenated alkanes) is 4. The molecule has 0 radical (unpaired) electrons. The molecule has 0 atom stereocenters. The molecule has 0 aliphatic rings. The molecule has 4 rings (SSSR count). The summed E-state index contributed by atoms with van der Waals surface area (Å²) in [4.78, 5) is 8.81. The molecule has 0 N–H and O–H groups in total. The molecule has 3 aromatic carbocycles. The highest BCUT2D eigenvalue weighted by atomic mass is 19.4. The molecule has 1 heterocycles. The molecule has 0 saturated heterocycles. The number of halogens is 5. The van der Waals surface area contributed by atoms with E-state index in [9.17, 15) is 17.6 Å². The van der Waals surface area contributed by atoms with Crippen LogP contribution < -0.4 is 9.47 Å². The number of fused-ring (bicyclic) bond motifs is 1. The van der Waals surface area contributed by atoms with Crippen molar-refractivity contribution >= 4 is 10.8 Å². The second kappa shape index (κ2) is 14.2. The Morgan fingerprint density at radius 2 is 1.46 bits per heavy atom. The van der Waals surface area contributed by atoms with Crippen LogP contribution in [-0.2, 0) is 25.7 Å². The molecule has 4 nitrogen and oxygen atoms in total. The van der Waals surface area contributed by atoms with Crippen molar-refractivity contribution in [2.45, 2.75) is 71.1 Å². The van der Waals surface area contributed by atoms with Gasteiger partial charge in [-0.15, -0.1) is 13.2 Å². The Morgan fingerprint density at radius 3 is 2.20 bits per heavy atom. The van der Waals surface area contributed by atoms with Gasteiger partial charge < -0.3 is 9.47 Å². The number of alkyl halides is 3. The van der Waals surface area contributed by atoms with Gasteiger partial charge in [0, 0.05) is 11.8 Å². The molecule has 0 spiro atoms. The molecule has 41 heavy (non-hydrogen) atoms. The lowest BCUT2D eigenvalue weighted by atomic mass is 9.98. The third kappa shape index (κ3) is 9.13. The maximum atomic E-state index is 15.2. The maximum Gasteiger partial charge on any atom is 0.573 e. The van der Waals surface area contributed by atoms with E-state index in [1.165, 1.54) is 25.3 Å². The zero-order chi connectivity index (χ0) is 29.2. The average Bonchev–Trinajstić information content (AvgIpc) is 2.95. The van der Waals surface area contributed by atoms with Crippen LogP contribution in [0.1, 0.15) is 61.5 Å². The van der Waals surface area contributed by atoms with Crippen LogP contribution in [0.4, 0.5) is 22.0 Å². The number of rotatable bonds is 14. The minimum atomic E-state index is -4.97. The molecule has 0 unspecified atom stereocenters. The predicted molar refractivity (Wildman–Crippen MR) is 148 cm³/mol. The number of aryl methyl sites for hydroxylation is 4. The molecule has 218 valence electrons. The highest BCUT2D eigenvalue weighted by Crippen LogP contribution is 2.28. The fraction of sp³-hybridized carbons (Fsp3) is 0.375. The van der Waals surface area contributed by atoms with Gasteiger partial charge >= 0.3 is 6.36 Å². The number of aromatic nitrogens is 2. The van der Waals surface area contributed by atoms with Crippen LogP contribution in [0.5, 0.6) is 11.5 Å². The van der Waals surface area contributed by atoms with E-state index in [2.05, 4.69) is 21.6 Å². The summed E-state index contributed by atoms with van der Waals surface area (Å²) in [5.41, 5.74) is 1.91. The van der Waals surface area contributed by atoms with Crippen molar-refractivity contribution in [3.8, 4) is 11.5 Å². The average molecular weight is 573 g/mol. The first-order valence-electron chi connectivity index (χ1n) is 13.9.